The van der Waals surface area contributed by atoms with Crippen LogP contribution in [-0.2, 0) is 17.7 Å². The molecule has 2 N–H and O–H groups in total. The fourth-order valence-corrected chi connectivity index (χ4v) is 4.48. The molecule has 0 radical (unpaired) electrons. The molecule has 1 fully saturated rings. The highest BCUT2D eigenvalue weighted by Gasteiger charge is 2.35. The van der Waals surface area contributed by atoms with Crippen LogP contribution in [0, 0.1) is 0 Å². The number of amides is 2. The number of fused-ring (bicyclic) bond motifs is 1. The van der Waals surface area contributed by atoms with Crippen LogP contribution in [0.4, 0.5) is 29.5 Å². The average molecular weight is 483 g/mol. The number of nitrogens with one attached hydrogen (secondary N) is 2. The minimum absolute atomic E-state index is 0.0865. The fourth-order valence-electron chi connectivity index (χ4n) is 3.82. The molecule has 0 spiro atoms. The van der Waals surface area contributed by atoms with Gasteiger partial charge in [-0.25, -0.2) is 19.1 Å². The molecule has 3 heterocycles. The summed E-state index contributed by atoms with van der Waals surface area (Å²) in [5.41, 5.74) is -1.51. The number of benzene rings is 1. The van der Waals surface area contributed by atoms with Crippen LogP contribution in [0.15, 0.2) is 24.3 Å². The molecule has 0 unspecified atom stereocenters. The third-order valence-corrected chi connectivity index (χ3v) is 6.07. The average Bonchev–Trinajstić information content (AvgIpc) is 2.78. The van der Waals surface area contributed by atoms with Crippen LogP contribution in [0.5, 0.6) is 0 Å². The number of carbonyl (C=O) groups excluding carboxylic acids is 1. The minimum atomic E-state index is -4.34. The number of rotatable bonds is 5. The van der Waals surface area contributed by atoms with E-state index in [1.54, 1.807) is 24.3 Å². The molecule has 4 rings (SSSR count). The quantitative estimate of drug-likeness (QED) is 0.630. The number of morpholine rings is 1. The van der Waals surface area contributed by atoms with Gasteiger partial charge < -0.3 is 20.3 Å². The minimum Gasteiger partial charge on any atom is -0.378 e. The Hall–Kier alpha value is -2.57. The molecule has 0 bridgehead atoms. The highest BCUT2D eigenvalue weighted by Crippen LogP contribution is 2.38. The smallest absolute Gasteiger partial charge is 0.378 e. The summed E-state index contributed by atoms with van der Waals surface area (Å²) in [7, 11) is 0. The van der Waals surface area contributed by atoms with Crippen LogP contribution < -0.4 is 15.5 Å². The van der Waals surface area contributed by atoms with Gasteiger partial charge in [0.15, 0.2) is 5.82 Å². The molecule has 0 atom stereocenters. The largest absolute Gasteiger partial charge is 0.456 e. The zero-order chi connectivity index (χ0) is 23.4. The second kappa shape index (κ2) is 10.1. The molecule has 0 saturated carbocycles. The van der Waals surface area contributed by atoms with Gasteiger partial charge in [-0.2, -0.15) is 13.2 Å². The van der Waals surface area contributed by atoms with Gasteiger partial charge >= 0.3 is 11.5 Å². The van der Waals surface area contributed by atoms with Crippen molar-refractivity contribution in [2.75, 3.05) is 49.6 Å². The van der Waals surface area contributed by atoms with Crippen molar-refractivity contribution < 1.29 is 22.7 Å². The second-order valence-corrected chi connectivity index (χ2v) is 8.77. The summed E-state index contributed by atoms with van der Waals surface area (Å²) >= 11 is -0.111. The molecule has 178 valence electrons. The molecule has 2 aliphatic heterocycles. The highest BCUT2D eigenvalue weighted by molar-refractivity contribution is 7.97. The van der Waals surface area contributed by atoms with E-state index in [1.165, 1.54) is 4.31 Å². The normalized spacial score (nSPS) is 16.9. The van der Waals surface area contributed by atoms with Crippen LogP contribution in [0.25, 0.3) is 11.4 Å². The van der Waals surface area contributed by atoms with Crippen LogP contribution >= 0.6 is 11.9 Å². The first-order valence-electron chi connectivity index (χ1n) is 10.7. The van der Waals surface area contributed by atoms with E-state index in [0.29, 0.717) is 62.0 Å². The van der Waals surface area contributed by atoms with E-state index in [-0.39, 0.29) is 31.1 Å². The van der Waals surface area contributed by atoms with Crippen molar-refractivity contribution in [3.05, 3.63) is 35.5 Å². The van der Waals surface area contributed by atoms with Crippen LogP contribution in [0.3, 0.4) is 0 Å². The van der Waals surface area contributed by atoms with Gasteiger partial charge in [0.25, 0.3) is 0 Å². The number of urea groups is 1. The molecule has 12 heteroatoms. The number of hydrogen-bond acceptors (Lipinski definition) is 7. The zero-order valence-corrected chi connectivity index (χ0v) is 18.9. The number of anilines is 2. The number of hydrogen-bond donors (Lipinski definition) is 2. The molecule has 0 aliphatic carbocycles. The SMILES string of the molecule is CCNC(=O)Nc1ccc(-c2nc3c(c(N4CCOCC4)n2)CCN(SC(F)(F)F)C3)cc1. The number of carbonyl (C=O) groups is 1. The van der Waals surface area contributed by atoms with Gasteiger partial charge in [0.2, 0.25) is 0 Å². The fraction of sp³-hybridized carbons (Fsp3) is 0.476. The van der Waals surface area contributed by atoms with E-state index in [4.69, 9.17) is 9.72 Å². The summed E-state index contributed by atoms with van der Waals surface area (Å²) in [4.78, 5) is 23.3. The second-order valence-electron chi connectivity index (χ2n) is 7.61. The maximum Gasteiger partial charge on any atom is 0.456 e. The van der Waals surface area contributed by atoms with Gasteiger partial charge in [0.05, 0.1) is 25.5 Å². The molecule has 2 aliphatic rings. The molecule has 8 nitrogen and oxygen atoms in total. The standard InChI is InChI=1S/C21H25F3N6O2S/c1-2-25-20(31)26-15-5-3-14(4-6-15)18-27-17-13-30(33-21(22,23)24)8-7-16(17)19(28-18)29-9-11-32-12-10-29/h3-6H,2,7-13H2,1H3,(H2,25,26,31). The first-order valence-corrected chi connectivity index (χ1v) is 11.5. The number of aromatic nitrogens is 2. The summed E-state index contributed by atoms with van der Waals surface area (Å²) in [6.07, 6.45) is 0.445. The van der Waals surface area contributed by atoms with Crippen LogP contribution in [-0.4, -0.2) is 65.2 Å². The lowest BCUT2D eigenvalue weighted by Crippen LogP contribution is -2.39. The van der Waals surface area contributed by atoms with Crippen LogP contribution in [0.1, 0.15) is 18.2 Å². The lowest BCUT2D eigenvalue weighted by molar-refractivity contribution is -0.0365. The van der Waals surface area contributed by atoms with E-state index >= 15 is 0 Å². The van der Waals surface area contributed by atoms with Gasteiger partial charge in [-0.3, -0.25) is 0 Å². The Kier molecular flexibility index (Phi) is 7.25. The lowest BCUT2D eigenvalue weighted by atomic mass is 10.1. The summed E-state index contributed by atoms with van der Waals surface area (Å²) in [5.74, 6) is 1.21. The van der Waals surface area contributed by atoms with Crippen molar-refractivity contribution in [1.29, 1.82) is 0 Å². The topological polar surface area (TPSA) is 82.6 Å². The molecule has 2 amide bonds. The molecule has 1 saturated heterocycles. The molecule has 33 heavy (non-hydrogen) atoms. The molecule has 2 aromatic rings. The Bertz CT molecular complexity index is 983. The summed E-state index contributed by atoms with van der Waals surface area (Å²) in [5, 5.41) is 5.39. The molecular weight excluding hydrogens is 457 g/mol. The third-order valence-electron chi connectivity index (χ3n) is 5.29. The van der Waals surface area contributed by atoms with E-state index < -0.39 is 5.51 Å². The zero-order valence-electron chi connectivity index (χ0n) is 18.1. The Morgan fingerprint density at radius 1 is 1.15 bits per heavy atom. The van der Waals surface area contributed by atoms with Gasteiger partial charge in [0.1, 0.15) is 5.82 Å². The van der Waals surface area contributed by atoms with E-state index in [2.05, 4.69) is 20.5 Å². The summed E-state index contributed by atoms with van der Waals surface area (Å²) < 4.78 is 45.6. The van der Waals surface area contributed by atoms with Gasteiger partial charge in [-0.05, 0) is 37.6 Å². The summed E-state index contributed by atoms with van der Waals surface area (Å²) in [6.45, 7) is 5.19. The van der Waals surface area contributed by atoms with Gasteiger partial charge in [0, 0.05) is 54.9 Å². The van der Waals surface area contributed by atoms with Gasteiger partial charge in [-0.1, -0.05) is 0 Å². The number of ether oxygens (including phenoxy) is 1. The number of nitrogens with zero attached hydrogens (tertiary/aromatic N) is 4. The monoisotopic (exact) mass is 482 g/mol. The Labute approximate surface area is 194 Å². The predicted molar refractivity (Wildman–Crippen MR) is 121 cm³/mol. The first-order chi connectivity index (χ1) is 15.8. The third kappa shape index (κ3) is 6.06. The maximum atomic E-state index is 12.9. The molecule has 1 aromatic heterocycles. The Morgan fingerprint density at radius 3 is 2.55 bits per heavy atom. The summed E-state index contributed by atoms with van der Waals surface area (Å²) in [6, 6.07) is 6.77. The predicted octanol–water partition coefficient (Wildman–Crippen LogP) is 3.65. The number of halogens is 3. The Balaban J connectivity index is 1.64. The van der Waals surface area contributed by atoms with Crippen molar-refractivity contribution in [3.63, 3.8) is 0 Å². The van der Waals surface area contributed by atoms with Crippen molar-refractivity contribution in [3.8, 4) is 11.4 Å². The van der Waals surface area contributed by atoms with E-state index in [0.717, 1.165) is 11.4 Å². The maximum absolute atomic E-state index is 12.9. The van der Waals surface area contributed by atoms with Crippen molar-refractivity contribution in [2.45, 2.75) is 25.4 Å². The van der Waals surface area contributed by atoms with Crippen molar-refractivity contribution in [2.24, 2.45) is 0 Å². The van der Waals surface area contributed by atoms with Gasteiger partial charge in [-0.15, -0.1) is 0 Å². The molecular formula is C21H25F3N6O2S. The van der Waals surface area contributed by atoms with Crippen molar-refractivity contribution in [1.82, 2.24) is 19.6 Å². The highest BCUT2D eigenvalue weighted by atomic mass is 32.2. The van der Waals surface area contributed by atoms with Crippen molar-refractivity contribution >= 4 is 29.5 Å². The molecule has 1 aromatic carbocycles. The van der Waals surface area contributed by atoms with Crippen LogP contribution in [0.2, 0.25) is 0 Å². The first kappa shape index (κ1) is 23.6. The lowest BCUT2D eigenvalue weighted by Gasteiger charge is -2.33. The Morgan fingerprint density at radius 2 is 1.88 bits per heavy atom. The number of alkyl halides is 3. The van der Waals surface area contributed by atoms with E-state index in [9.17, 15) is 18.0 Å². The van der Waals surface area contributed by atoms with E-state index in [1.807, 2.05) is 6.92 Å².